The molecule has 2 fully saturated rings. The molecule has 196 valence electrons. The van der Waals surface area contributed by atoms with Gasteiger partial charge >= 0.3 is 0 Å². The van der Waals surface area contributed by atoms with Crippen LogP contribution in [-0.2, 0) is 4.57 Å². The van der Waals surface area contributed by atoms with Crippen molar-refractivity contribution < 1.29 is 4.57 Å². The normalized spacial score (nSPS) is 16.9. The number of rotatable bonds is 8. The number of aromatic nitrogens is 2. The first kappa shape index (κ1) is 25.8. The Morgan fingerprint density at radius 3 is 2.49 bits per heavy atom. The maximum Gasteiger partial charge on any atom is 0.229 e. The van der Waals surface area contributed by atoms with Crippen molar-refractivity contribution in [3.05, 3.63) is 53.7 Å². The van der Waals surface area contributed by atoms with Crippen molar-refractivity contribution in [3.63, 3.8) is 0 Å². The number of para-hydroxylation sites is 1. The van der Waals surface area contributed by atoms with Gasteiger partial charge in [-0.25, -0.2) is 4.98 Å². The summed E-state index contributed by atoms with van der Waals surface area (Å²) in [6.07, 6.45) is 4.13. The van der Waals surface area contributed by atoms with Crippen LogP contribution in [0.25, 0.3) is 0 Å². The van der Waals surface area contributed by atoms with E-state index in [1.165, 1.54) is 18.5 Å². The lowest BCUT2D eigenvalue weighted by atomic mass is 9.60. The molecule has 5 rings (SSSR count). The summed E-state index contributed by atoms with van der Waals surface area (Å²) >= 11 is 6.40. The minimum absolute atomic E-state index is 0.382. The Balaban J connectivity index is 1.30. The Hall–Kier alpha value is -2.80. The van der Waals surface area contributed by atoms with Crippen LogP contribution in [0.3, 0.4) is 0 Å². The summed E-state index contributed by atoms with van der Waals surface area (Å²) in [5, 5.41) is 11.0. The monoisotopic (exact) mass is 539 g/mol. The van der Waals surface area contributed by atoms with Gasteiger partial charge in [0.1, 0.15) is 12.2 Å². The molecule has 1 spiro atoms. The van der Waals surface area contributed by atoms with Crippen LogP contribution in [0.5, 0.6) is 0 Å². The summed E-state index contributed by atoms with van der Waals surface area (Å²) in [5.74, 6) is 0.871. The van der Waals surface area contributed by atoms with Crippen LogP contribution in [-0.4, -0.2) is 68.5 Å². The average molecular weight is 540 g/mol. The molecule has 0 bridgehead atoms. The minimum Gasteiger partial charge on any atom is -0.386 e. The van der Waals surface area contributed by atoms with Gasteiger partial charge in [-0.2, -0.15) is 4.98 Å². The number of benzene rings is 2. The number of nitrogens with zero attached hydrogens (tertiary/aromatic N) is 4. The Morgan fingerprint density at radius 2 is 1.81 bits per heavy atom. The van der Waals surface area contributed by atoms with Crippen molar-refractivity contribution in [3.8, 4) is 0 Å². The molecule has 1 saturated heterocycles. The van der Waals surface area contributed by atoms with Crippen molar-refractivity contribution in [2.75, 3.05) is 68.4 Å². The molecule has 2 aromatic carbocycles. The van der Waals surface area contributed by atoms with Gasteiger partial charge in [0.25, 0.3) is 0 Å². The Morgan fingerprint density at radius 1 is 1.08 bits per heavy atom. The van der Waals surface area contributed by atoms with E-state index in [1.54, 1.807) is 19.5 Å². The third-order valence-electron chi connectivity index (χ3n) is 7.46. The molecule has 10 heteroatoms. The first-order chi connectivity index (χ1) is 17.6. The molecule has 8 nitrogen and oxygen atoms in total. The van der Waals surface area contributed by atoms with Crippen molar-refractivity contribution >= 4 is 58.6 Å². The number of hydrogen-bond donors (Lipinski definition) is 3. The van der Waals surface area contributed by atoms with Crippen LogP contribution in [0, 0.1) is 5.41 Å². The van der Waals surface area contributed by atoms with Gasteiger partial charge in [0, 0.05) is 42.6 Å². The molecule has 1 saturated carbocycles. The third-order valence-corrected chi connectivity index (χ3v) is 9.29. The van der Waals surface area contributed by atoms with Gasteiger partial charge in [0.05, 0.1) is 23.3 Å². The molecule has 3 aromatic rings. The van der Waals surface area contributed by atoms with E-state index in [4.69, 9.17) is 11.6 Å². The second kappa shape index (κ2) is 9.82. The molecule has 3 N–H and O–H groups in total. The highest BCUT2D eigenvalue weighted by Gasteiger charge is 2.53. The Kier molecular flexibility index (Phi) is 6.86. The number of hydrogen-bond acceptors (Lipinski definition) is 8. The van der Waals surface area contributed by atoms with Gasteiger partial charge in [0.15, 0.2) is 5.82 Å². The predicted molar refractivity (Wildman–Crippen MR) is 156 cm³/mol. The summed E-state index contributed by atoms with van der Waals surface area (Å²) in [6.45, 7) is 5.71. The van der Waals surface area contributed by atoms with Crippen molar-refractivity contribution in [2.24, 2.45) is 5.41 Å². The summed E-state index contributed by atoms with van der Waals surface area (Å²) in [4.78, 5) is 13.8. The van der Waals surface area contributed by atoms with E-state index in [1.807, 2.05) is 31.3 Å². The maximum absolute atomic E-state index is 12.7. The molecule has 0 unspecified atom stereocenters. The van der Waals surface area contributed by atoms with Crippen molar-refractivity contribution in [1.82, 2.24) is 14.9 Å². The average Bonchev–Trinajstić information content (AvgIpc) is 2.79. The smallest absolute Gasteiger partial charge is 0.229 e. The zero-order valence-electron chi connectivity index (χ0n) is 22.0. The van der Waals surface area contributed by atoms with E-state index in [0.29, 0.717) is 22.2 Å². The summed E-state index contributed by atoms with van der Waals surface area (Å²) in [5.41, 5.74) is 4.36. The zero-order valence-corrected chi connectivity index (χ0v) is 23.7. The summed E-state index contributed by atoms with van der Waals surface area (Å²) < 4.78 is 12.7. The van der Waals surface area contributed by atoms with Gasteiger partial charge in [-0.05, 0) is 70.6 Å². The van der Waals surface area contributed by atoms with Crippen molar-refractivity contribution in [1.29, 1.82) is 0 Å². The number of anilines is 6. The fraction of sp³-hybridized carbons (Fsp3) is 0.407. The number of halogens is 1. The molecule has 0 amide bonds. The second-order valence-corrected chi connectivity index (χ2v) is 14.5. The highest BCUT2D eigenvalue weighted by atomic mass is 35.5. The van der Waals surface area contributed by atoms with E-state index >= 15 is 0 Å². The maximum atomic E-state index is 12.7. The van der Waals surface area contributed by atoms with Gasteiger partial charge in [-0.3, -0.25) is 0 Å². The van der Waals surface area contributed by atoms with Crippen molar-refractivity contribution in [2.45, 2.75) is 18.9 Å². The van der Waals surface area contributed by atoms with Gasteiger partial charge in [-0.1, -0.05) is 23.7 Å². The molecule has 37 heavy (non-hydrogen) atoms. The van der Waals surface area contributed by atoms with Crippen LogP contribution in [0.1, 0.15) is 12.8 Å². The second-order valence-electron chi connectivity index (χ2n) is 10.9. The van der Waals surface area contributed by atoms with E-state index < -0.39 is 7.14 Å². The molecular formula is C27H35ClN7OP. The fourth-order valence-electron chi connectivity index (χ4n) is 5.41. The van der Waals surface area contributed by atoms with Gasteiger partial charge in [-0.15, -0.1) is 0 Å². The highest BCUT2D eigenvalue weighted by Crippen LogP contribution is 2.52. The third kappa shape index (κ3) is 5.28. The quantitative estimate of drug-likeness (QED) is 0.326. The first-order valence-corrected chi connectivity index (χ1v) is 15.5. The molecule has 1 aliphatic heterocycles. The van der Waals surface area contributed by atoms with E-state index in [9.17, 15) is 4.57 Å². The fourth-order valence-corrected chi connectivity index (χ4v) is 6.70. The predicted octanol–water partition coefficient (Wildman–Crippen LogP) is 5.44. The zero-order chi connectivity index (χ0) is 26.4. The molecule has 0 radical (unpaired) electrons. The van der Waals surface area contributed by atoms with Crippen LogP contribution < -0.4 is 26.2 Å². The summed E-state index contributed by atoms with van der Waals surface area (Å²) in [6, 6.07) is 14.5. The molecule has 2 aliphatic rings. The van der Waals surface area contributed by atoms with E-state index in [0.717, 1.165) is 41.5 Å². The molecular weight excluding hydrogens is 505 g/mol. The topological polar surface area (TPSA) is 85.4 Å². The first-order valence-electron chi connectivity index (χ1n) is 12.5. The van der Waals surface area contributed by atoms with E-state index in [2.05, 4.69) is 68.0 Å². The standard InChI is InChI=1S/C27H35ClN7OP/c1-29-22-12-18(10-11-23(22)35-16-27(17-35)13-19(14-27)34(2)3)31-26-30-15-20(28)25(33-26)32-21-8-6-7-9-24(21)37(4,5)36/h6-12,15,19,29H,13-14,16-17H2,1-5H3,(H2,30,31,32,33). The van der Waals surface area contributed by atoms with Gasteiger partial charge < -0.3 is 30.3 Å². The van der Waals surface area contributed by atoms with Gasteiger partial charge in [0.2, 0.25) is 5.95 Å². The Bertz CT molecular complexity index is 1340. The molecule has 1 aromatic heterocycles. The van der Waals surface area contributed by atoms with Crippen LogP contribution >= 0.6 is 18.7 Å². The van der Waals surface area contributed by atoms with E-state index in [-0.39, 0.29) is 0 Å². The lowest BCUT2D eigenvalue weighted by Crippen LogP contribution is -2.66. The number of nitrogens with one attached hydrogen (secondary N) is 3. The highest BCUT2D eigenvalue weighted by molar-refractivity contribution is 7.70. The molecule has 0 atom stereocenters. The summed E-state index contributed by atoms with van der Waals surface area (Å²) in [7, 11) is 3.81. The van der Waals surface area contributed by atoms with Crippen LogP contribution in [0.15, 0.2) is 48.7 Å². The lowest BCUT2D eigenvalue weighted by Gasteiger charge is -2.61. The molecule has 2 heterocycles. The van der Waals surface area contributed by atoms with Crippen LogP contribution in [0.2, 0.25) is 5.02 Å². The minimum atomic E-state index is -2.49. The SMILES string of the molecule is CNc1cc(Nc2ncc(Cl)c(Nc3ccccc3P(C)(C)=O)n2)ccc1N1CC2(CC(N(C)C)C2)C1. The largest absolute Gasteiger partial charge is 0.386 e. The molecule has 1 aliphatic carbocycles. The Labute approximate surface area is 224 Å². The lowest BCUT2D eigenvalue weighted by molar-refractivity contribution is 0.00141. The van der Waals surface area contributed by atoms with Crippen LogP contribution in [0.4, 0.5) is 34.5 Å².